The van der Waals surface area contributed by atoms with Crippen LogP contribution in [0.4, 0.5) is 11.6 Å². The van der Waals surface area contributed by atoms with Crippen LogP contribution in [0.5, 0.6) is 0 Å². The molecule has 6 heteroatoms. The number of aryl methyl sites for hydroxylation is 1. The number of pyridine rings is 1. The maximum Gasteiger partial charge on any atom is 0.139 e. The molecule has 3 aromatic heterocycles. The first-order valence-electron chi connectivity index (χ1n) is 7.81. The second-order valence-corrected chi connectivity index (χ2v) is 5.98. The molecule has 0 spiro atoms. The molecule has 1 saturated heterocycles. The van der Waals surface area contributed by atoms with Gasteiger partial charge >= 0.3 is 0 Å². The number of likely N-dealkylation sites (N-methyl/N-ethyl adjacent to an activating group) is 1. The summed E-state index contributed by atoms with van der Waals surface area (Å²) in [5.41, 5.74) is 1.87. The smallest absolute Gasteiger partial charge is 0.139 e. The molecular formula is C17H19N5O. The van der Waals surface area contributed by atoms with E-state index in [0.29, 0.717) is 6.04 Å². The number of anilines is 2. The predicted molar refractivity (Wildman–Crippen MR) is 89.8 cm³/mol. The van der Waals surface area contributed by atoms with E-state index < -0.39 is 0 Å². The van der Waals surface area contributed by atoms with Crippen LogP contribution in [0.25, 0.3) is 11.0 Å². The van der Waals surface area contributed by atoms with Gasteiger partial charge in [0, 0.05) is 44.1 Å². The molecule has 3 aromatic rings. The second-order valence-electron chi connectivity index (χ2n) is 5.98. The van der Waals surface area contributed by atoms with Crippen LogP contribution in [0.2, 0.25) is 0 Å². The van der Waals surface area contributed by atoms with E-state index in [1.165, 1.54) is 0 Å². The minimum Gasteiger partial charge on any atom is -0.464 e. The Labute approximate surface area is 134 Å². The summed E-state index contributed by atoms with van der Waals surface area (Å²) < 4.78 is 5.48. The van der Waals surface area contributed by atoms with Crippen molar-refractivity contribution in [1.29, 1.82) is 0 Å². The van der Waals surface area contributed by atoms with Crippen molar-refractivity contribution < 1.29 is 4.42 Å². The Balaban J connectivity index is 1.56. The Morgan fingerprint density at radius 1 is 1.26 bits per heavy atom. The molecule has 118 valence electrons. The molecule has 0 saturated carbocycles. The molecule has 4 heterocycles. The van der Waals surface area contributed by atoms with E-state index in [4.69, 9.17) is 4.42 Å². The zero-order valence-corrected chi connectivity index (χ0v) is 13.3. The van der Waals surface area contributed by atoms with Gasteiger partial charge in [-0.2, -0.15) is 0 Å². The summed E-state index contributed by atoms with van der Waals surface area (Å²) in [7, 11) is 2.10. The van der Waals surface area contributed by atoms with Gasteiger partial charge in [-0.05, 0) is 25.5 Å². The first-order chi connectivity index (χ1) is 11.2. The molecule has 1 fully saturated rings. The molecule has 0 amide bonds. The minimum atomic E-state index is 0.410. The molecule has 1 atom stereocenters. The maximum absolute atomic E-state index is 5.48. The van der Waals surface area contributed by atoms with Crippen LogP contribution in [-0.2, 0) is 0 Å². The summed E-state index contributed by atoms with van der Waals surface area (Å²) in [5.74, 6) is 1.98. The molecule has 1 unspecified atom stereocenters. The van der Waals surface area contributed by atoms with E-state index in [1.54, 1.807) is 12.6 Å². The van der Waals surface area contributed by atoms with Gasteiger partial charge in [0.05, 0.1) is 11.6 Å². The van der Waals surface area contributed by atoms with Crippen molar-refractivity contribution in [2.75, 3.05) is 29.9 Å². The Kier molecular flexibility index (Phi) is 3.37. The first kappa shape index (κ1) is 14.0. The Morgan fingerprint density at radius 2 is 2.17 bits per heavy atom. The zero-order chi connectivity index (χ0) is 15.8. The van der Waals surface area contributed by atoms with Gasteiger partial charge in [-0.15, -0.1) is 0 Å². The van der Waals surface area contributed by atoms with Crippen molar-refractivity contribution in [3.05, 3.63) is 42.7 Å². The number of furan rings is 1. The van der Waals surface area contributed by atoms with Crippen LogP contribution in [0, 0.1) is 6.92 Å². The molecule has 1 aliphatic rings. The minimum absolute atomic E-state index is 0.410. The third kappa shape index (κ3) is 2.50. The zero-order valence-electron chi connectivity index (χ0n) is 13.3. The van der Waals surface area contributed by atoms with Gasteiger partial charge in [-0.1, -0.05) is 0 Å². The fourth-order valence-electron chi connectivity index (χ4n) is 3.20. The molecule has 1 aliphatic heterocycles. The number of fused-ring (bicyclic) bond motifs is 1. The van der Waals surface area contributed by atoms with Crippen LogP contribution >= 0.6 is 0 Å². The fraction of sp³-hybridized carbons (Fsp3) is 0.353. The molecule has 23 heavy (non-hydrogen) atoms. The highest BCUT2D eigenvalue weighted by Gasteiger charge is 2.28. The third-order valence-electron chi connectivity index (χ3n) is 4.52. The van der Waals surface area contributed by atoms with Crippen molar-refractivity contribution in [3.63, 3.8) is 0 Å². The van der Waals surface area contributed by atoms with Crippen molar-refractivity contribution in [2.45, 2.75) is 19.4 Å². The molecular weight excluding hydrogens is 290 g/mol. The highest BCUT2D eigenvalue weighted by Crippen LogP contribution is 2.29. The molecule has 0 radical (unpaired) electrons. The van der Waals surface area contributed by atoms with Gasteiger partial charge in [0.1, 0.15) is 23.5 Å². The first-order valence-corrected chi connectivity index (χ1v) is 7.81. The van der Waals surface area contributed by atoms with Gasteiger partial charge in [-0.25, -0.2) is 15.0 Å². The quantitative estimate of drug-likeness (QED) is 0.741. The third-order valence-corrected chi connectivity index (χ3v) is 4.52. The normalized spacial score (nSPS) is 17.8. The van der Waals surface area contributed by atoms with Crippen molar-refractivity contribution >= 4 is 22.6 Å². The summed E-state index contributed by atoms with van der Waals surface area (Å²) in [6.07, 6.45) is 6.24. The number of aromatic nitrogens is 3. The lowest BCUT2D eigenvalue weighted by Crippen LogP contribution is -2.35. The summed E-state index contributed by atoms with van der Waals surface area (Å²) in [6, 6.07) is 6.33. The number of hydrogen-bond donors (Lipinski definition) is 0. The van der Waals surface area contributed by atoms with Crippen LogP contribution < -0.4 is 9.80 Å². The molecule has 0 N–H and O–H groups in total. The molecule has 0 aromatic carbocycles. The molecule has 0 bridgehead atoms. The lowest BCUT2D eigenvalue weighted by atomic mass is 10.2. The van der Waals surface area contributed by atoms with Gasteiger partial charge in [0.25, 0.3) is 0 Å². The summed E-state index contributed by atoms with van der Waals surface area (Å²) in [5, 5.41) is 1.08. The van der Waals surface area contributed by atoms with E-state index in [-0.39, 0.29) is 0 Å². The van der Waals surface area contributed by atoms with E-state index in [1.807, 2.05) is 31.3 Å². The van der Waals surface area contributed by atoms with Gasteiger partial charge in [-0.3, -0.25) is 0 Å². The fourth-order valence-corrected chi connectivity index (χ4v) is 3.20. The van der Waals surface area contributed by atoms with E-state index in [9.17, 15) is 0 Å². The standard InChI is InChI=1S/C17H19N5O/c1-12-9-16(20-11-19-12)21(2)13-4-7-22(10-13)17-14-5-8-23-15(14)3-6-18-17/h3,5-6,8-9,11,13H,4,7,10H2,1-2H3. The second kappa shape index (κ2) is 5.53. The van der Waals surface area contributed by atoms with Crippen molar-refractivity contribution in [3.8, 4) is 0 Å². The number of nitrogens with zero attached hydrogens (tertiary/aromatic N) is 5. The Morgan fingerprint density at radius 3 is 3.04 bits per heavy atom. The topological polar surface area (TPSA) is 58.3 Å². The number of rotatable bonds is 3. The monoisotopic (exact) mass is 309 g/mol. The van der Waals surface area contributed by atoms with Crippen molar-refractivity contribution in [2.24, 2.45) is 0 Å². The van der Waals surface area contributed by atoms with Gasteiger partial charge < -0.3 is 14.2 Å². The SMILES string of the molecule is Cc1cc(N(C)C2CCN(c3nccc4occc34)C2)ncn1. The maximum atomic E-state index is 5.48. The summed E-state index contributed by atoms with van der Waals surface area (Å²) in [4.78, 5) is 17.7. The van der Waals surface area contributed by atoms with Gasteiger partial charge in [0.2, 0.25) is 0 Å². The van der Waals surface area contributed by atoms with Crippen LogP contribution in [-0.4, -0.2) is 41.1 Å². The molecule has 0 aliphatic carbocycles. The van der Waals surface area contributed by atoms with Crippen molar-refractivity contribution in [1.82, 2.24) is 15.0 Å². The van der Waals surface area contributed by atoms with E-state index in [2.05, 4.69) is 31.8 Å². The van der Waals surface area contributed by atoms with E-state index >= 15 is 0 Å². The van der Waals surface area contributed by atoms with Crippen LogP contribution in [0.15, 0.2) is 41.4 Å². The highest BCUT2D eigenvalue weighted by molar-refractivity contribution is 5.88. The average molecular weight is 309 g/mol. The lowest BCUT2D eigenvalue weighted by Gasteiger charge is -2.26. The highest BCUT2D eigenvalue weighted by atomic mass is 16.3. The summed E-state index contributed by atoms with van der Waals surface area (Å²) >= 11 is 0. The van der Waals surface area contributed by atoms with Crippen LogP contribution in [0.1, 0.15) is 12.1 Å². The molecule has 4 rings (SSSR count). The Hall–Kier alpha value is -2.63. The Bertz CT molecular complexity index is 830. The summed E-state index contributed by atoms with van der Waals surface area (Å²) in [6.45, 7) is 3.90. The lowest BCUT2D eigenvalue weighted by molar-refractivity contribution is 0.615. The van der Waals surface area contributed by atoms with E-state index in [0.717, 1.165) is 47.8 Å². The predicted octanol–water partition coefficient (Wildman–Crippen LogP) is 2.64. The van der Waals surface area contributed by atoms with Crippen LogP contribution in [0.3, 0.4) is 0 Å². The van der Waals surface area contributed by atoms with Gasteiger partial charge in [0.15, 0.2) is 0 Å². The number of hydrogen-bond acceptors (Lipinski definition) is 6. The molecule has 6 nitrogen and oxygen atoms in total. The largest absolute Gasteiger partial charge is 0.464 e. The average Bonchev–Trinajstić information content (AvgIpc) is 3.23.